The Morgan fingerprint density at radius 1 is 1.31 bits per heavy atom. The fraction of sp³-hybridized carbons (Fsp3) is 0.538. The molecule has 16 heavy (non-hydrogen) atoms. The van der Waals surface area contributed by atoms with Gasteiger partial charge in [0.1, 0.15) is 5.75 Å². The SMILES string of the molecule is CCC(C)NCCCOc1ccc(I)cc1. The number of hydrogen-bond acceptors (Lipinski definition) is 2. The Labute approximate surface area is 112 Å². The van der Waals surface area contributed by atoms with E-state index in [9.17, 15) is 0 Å². The number of benzene rings is 1. The predicted octanol–water partition coefficient (Wildman–Crippen LogP) is 3.45. The van der Waals surface area contributed by atoms with Crippen molar-refractivity contribution in [3.8, 4) is 5.75 Å². The average molecular weight is 333 g/mol. The molecule has 1 N–H and O–H groups in total. The molecule has 0 spiro atoms. The van der Waals surface area contributed by atoms with Gasteiger partial charge in [0.15, 0.2) is 0 Å². The molecule has 0 bridgehead atoms. The summed E-state index contributed by atoms with van der Waals surface area (Å²) < 4.78 is 6.87. The second-order valence-electron chi connectivity index (χ2n) is 3.92. The maximum atomic E-state index is 5.63. The summed E-state index contributed by atoms with van der Waals surface area (Å²) in [7, 11) is 0. The zero-order valence-corrected chi connectivity index (χ0v) is 12.2. The molecule has 1 atom stereocenters. The third-order valence-electron chi connectivity index (χ3n) is 2.51. The van der Waals surface area contributed by atoms with Crippen LogP contribution in [0.2, 0.25) is 0 Å². The molecule has 1 aromatic carbocycles. The molecule has 0 radical (unpaired) electrons. The van der Waals surface area contributed by atoms with Gasteiger partial charge in [0.05, 0.1) is 6.61 Å². The van der Waals surface area contributed by atoms with Gasteiger partial charge in [-0.3, -0.25) is 0 Å². The van der Waals surface area contributed by atoms with Gasteiger partial charge >= 0.3 is 0 Å². The van der Waals surface area contributed by atoms with Gasteiger partial charge in [0, 0.05) is 9.61 Å². The van der Waals surface area contributed by atoms with Crippen LogP contribution >= 0.6 is 22.6 Å². The number of rotatable bonds is 7. The van der Waals surface area contributed by atoms with Crippen LogP contribution in [0.1, 0.15) is 26.7 Å². The maximum Gasteiger partial charge on any atom is 0.119 e. The lowest BCUT2D eigenvalue weighted by atomic mass is 10.2. The van der Waals surface area contributed by atoms with E-state index in [-0.39, 0.29) is 0 Å². The highest BCUT2D eigenvalue weighted by molar-refractivity contribution is 14.1. The van der Waals surface area contributed by atoms with Crippen LogP contribution in [0.4, 0.5) is 0 Å². The molecule has 0 saturated carbocycles. The molecule has 2 nitrogen and oxygen atoms in total. The first-order valence-electron chi connectivity index (χ1n) is 5.84. The van der Waals surface area contributed by atoms with Crippen molar-refractivity contribution in [3.63, 3.8) is 0 Å². The van der Waals surface area contributed by atoms with Crippen LogP contribution < -0.4 is 10.1 Å². The smallest absolute Gasteiger partial charge is 0.119 e. The topological polar surface area (TPSA) is 21.3 Å². The molecular formula is C13H20INO. The van der Waals surface area contributed by atoms with Crippen LogP contribution in [0.25, 0.3) is 0 Å². The summed E-state index contributed by atoms with van der Waals surface area (Å²) in [5.41, 5.74) is 0. The van der Waals surface area contributed by atoms with E-state index in [2.05, 4.69) is 53.9 Å². The predicted molar refractivity (Wildman–Crippen MR) is 77.0 cm³/mol. The van der Waals surface area contributed by atoms with E-state index in [4.69, 9.17) is 4.74 Å². The molecule has 0 aliphatic carbocycles. The number of nitrogens with one attached hydrogen (secondary N) is 1. The van der Waals surface area contributed by atoms with Crippen molar-refractivity contribution >= 4 is 22.6 Å². The van der Waals surface area contributed by atoms with Gasteiger partial charge in [-0.05, 0) is 73.2 Å². The summed E-state index contributed by atoms with van der Waals surface area (Å²) in [5, 5.41) is 3.45. The summed E-state index contributed by atoms with van der Waals surface area (Å²) in [6, 6.07) is 8.77. The molecule has 0 aliphatic rings. The minimum atomic E-state index is 0.610. The van der Waals surface area contributed by atoms with E-state index in [1.54, 1.807) is 0 Å². The molecule has 1 unspecified atom stereocenters. The first-order chi connectivity index (χ1) is 7.72. The third-order valence-corrected chi connectivity index (χ3v) is 3.23. The molecular weight excluding hydrogens is 313 g/mol. The average Bonchev–Trinajstić information content (AvgIpc) is 2.31. The molecule has 1 rings (SSSR count). The normalized spacial score (nSPS) is 12.4. The zero-order chi connectivity index (χ0) is 11.8. The zero-order valence-electron chi connectivity index (χ0n) is 10.0. The van der Waals surface area contributed by atoms with E-state index in [1.807, 2.05) is 12.1 Å². The van der Waals surface area contributed by atoms with E-state index in [0.29, 0.717) is 6.04 Å². The molecule has 0 fully saturated rings. The second kappa shape index (κ2) is 7.90. The van der Waals surface area contributed by atoms with E-state index in [1.165, 1.54) is 9.99 Å². The Morgan fingerprint density at radius 2 is 2.00 bits per heavy atom. The molecule has 0 aliphatic heterocycles. The largest absolute Gasteiger partial charge is 0.494 e. The van der Waals surface area contributed by atoms with Gasteiger partial charge in [0.2, 0.25) is 0 Å². The molecule has 90 valence electrons. The number of ether oxygens (including phenoxy) is 1. The van der Waals surface area contributed by atoms with Gasteiger partial charge in [-0.1, -0.05) is 6.92 Å². The van der Waals surface area contributed by atoms with Crippen molar-refractivity contribution < 1.29 is 4.74 Å². The third kappa shape index (κ3) is 5.70. The summed E-state index contributed by atoms with van der Waals surface area (Å²) in [6.07, 6.45) is 2.23. The van der Waals surface area contributed by atoms with Crippen molar-refractivity contribution in [2.75, 3.05) is 13.2 Å². The Bertz CT molecular complexity index is 286. The summed E-state index contributed by atoms with van der Waals surface area (Å²) >= 11 is 2.29. The van der Waals surface area contributed by atoms with Crippen LogP contribution in [0.5, 0.6) is 5.75 Å². The standard InChI is InChI=1S/C13H20INO/c1-3-11(2)15-9-4-10-16-13-7-5-12(14)6-8-13/h5-8,11,15H,3-4,9-10H2,1-2H3. The minimum absolute atomic E-state index is 0.610. The first-order valence-corrected chi connectivity index (χ1v) is 6.92. The van der Waals surface area contributed by atoms with E-state index >= 15 is 0 Å². The van der Waals surface area contributed by atoms with Crippen LogP contribution in [-0.4, -0.2) is 19.2 Å². The number of hydrogen-bond donors (Lipinski definition) is 1. The maximum absolute atomic E-state index is 5.63. The summed E-state index contributed by atoms with van der Waals surface area (Å²) in [5.74, 6) is 0.962. The Morgan fingerprint density at radius 3 is 2.62 bits per heavy atom. The highest BCUT2D eigenvalue weighted by atomic mass is 127. The Hall–Kier alpha value is -0.290. The summed E-state index contributed by atoms with van der Waals surface area (Å²) in [4.78, 5) is 0. The van der Waals surface area contributed by atoms with Crippen molar-refractivity contribution in [2.45, 2.75) is 32.7 Å². The van der Waals surface area contributed by atoms with Crippen molar-refractivity contribution in [2.24, 2.45) is 0 Å². The van der Waals surface area contributed by atoms with E-state index in [0.717, 1.165) is 25.3 Å². The van der Waals surface area contributed by atoms with Gasteiger partial charge < -0.3 is 10.1 Å². The highest BCUT2D eigenvalue weighted by Gasteiger charge is 1.97. The van der Waals surface area contributed by atoms with Gasteiger partial charge in [-0.25, -0.2) is 0 Å². The van der Waals surface area contributed by atoms with E-state index < -0.39 is 0 Å². The Balaban J connectivity index is 2.09. The van der Waals surface area contributed by atoms with Crippen LogP contribution in [0.15, 0.2) is 24.3 Å². The first kappa shape index (κ1) is 13.8. The van der Waals surface area contributed by atoms with Crippen molar-refractivity contribution in [1.82, 2.24) is 5.32 Å². The van der Waals surface area contributed by atoms with Gasteiger partial charge in [-0.15, -0.1) is 0 Å². The molecule has 0 amide bonds. The van der Waals surface area contributed by atoms with Crippen LogP contribution in [0.3, 0.4) is 0 Å². The van der Waals surface area contributed by atoms with Crippen LogP contribution in [-0.2, 0) is 0 Å². The molecule has 3 heteroatoms. The van der Waals surface area contributed by atoms with Gasteiger partial charge in [-0.2, -0.15) is 0 Å². The minimum Gasteiger partial charge on any atom is -0.494 e. The fourth-order valence-electron chi connectivity index (χ4n) is 1.29. The lowest BCUT2D eigenvalue weighted by Gasteiger charge is -2.11. The molecule has 0 aromatic heterocycles. The molecule has 1 aromatic rings. The Kier molecular flexibility index (Phi) is 6.80. The van der Waals surface area contributed by atoms with Crippen molar-refractivity contribution in [3.05, 3.63) is 27.8 Å². The quantitative estimate of drug-likeness (QED) is 0.610. The lowest BCUT2D eigenvalue weighted by Crippen LogP contribution is -2.27. The monoisotopic (exact) mass is 333 g/mol. The summed E-state index contributed by atoms with van der Waals surface area (Å²) in [6.45, 7) is 6.21. The molecule has 0 saturated heterocycles. The number of halogens is 1. The van der Waals surface area contributed by atoms with Crippen molar-refractivity contribution in [1.29, 1.82) is 0 Å². The van der Waals surface area contributed by atoms with Crippen LogP contribution in [0, 0.1) is 3.57 Å². The lowest BCUT2D eigenvalue weighted by molar-refractivity contribution is 0.305. The van der Waals surface area contributed by atoms with Gasteiger partial charge in [0.25, 0.3) is 0 Å². The highest BCUT2D eigenvalue weighted by Crippen LogP contribution is 2.13. The fourth-order valence-corrected chi connectivity index (χ4v) is 1.65. The molecule has 0 heterocycles. The second-order valence-corrected chi connectivity index (χ2v) is 5.16.